The van der Waals surface area contributed by atoms with Gasteiger partial charge in [-0.1, -0.05) is 125 Å². The van der Waals surface area contributed by atoms with E-state index in [0.717, 1.165) is 41.5 Å². The maximum atomic E-state index is 15.9. The van der Waals surface area contributed by atoms with Gasteiger partial charge in [0.2, 0.25) is 0 Å². The monoisotopic (exact) mass is 783 g/mol. The Morgan fingerprint density at radius 1 is 0.712 bits per heavy atom. The van der Waals surface area contributed by atoms with E-state index < -0.39 is 51.9 Å². The van der Waals surface area contributed by atoms with Crippen LogP contribution in [-0.2, 0) is 28.6 Å². The Morgan fingerprint density at radius 3 is 1.71 bits per heavy atom. The Labute approximate surface area is 314 Å². The van der Waals surface area contributed by atoms with Crippen LogP contribution < -0.4 is 0 Å². The smallest absolute Gasteiger partial charge is 0.338 e. The summed E-state index contributed by atoms with van der Waals surface area (Å²) in [5, 5.41) is 2.83. The van der Waals surface area contributed by atoms with Crippen molar-refractivity contribution >= 4 is 63.1 Å². The van der Waals surface area contributed by atoms with E-state index >= 15 is 4.39 Å². The zero-order valence-corrected chi connectivity index (χ0v) is 30.3. The van der Waals surface area contributed by atoms with E-state index in [-0.39, 0.29) is 26.2 Å². The predicted octanol–water partition coefficient (Wildman–Crippen LogP) is 9.11. The Kier molecular flexibility index (Phi) is 13.0. The summed E-state index contributed by atoms with van der Waals surface area (Å²) in [6.45, 7) is -0.913. The average Bonchev–Trinajstić information content (AvgIpc) is 3.16. The molecule has 0 amide bonds. The number of benzene rings is 5. The van der Waals surface area contributed by atoms with Crippen LogP contribution in [0.25, 0.3) is 22.3 Å². The number of nitrogens with zero attached hydrogens (tertiary/aromatic N) is 1. The minimum atomic E-state index is -4.91. The summed E-state index contributed by atoms with van der Waals surface area (Å²) in [6, 6.07) is 33.4. The first-order chi connectivity index (χ1) is 25.0. The molecule has 0 saturated heterocycles. The third-order valence-corrected chi connectivity index (χ3v) is 10.1. The van der Waals surface area contributed by atoms with Crippen LogP contribution in [0.4, 0.5) is 4.39 Å². The van der Waals surface area contributed by atoms with Crippen LogP contribution in [0.3, 0.4) is 0 Å². The lowest BCUT2D eigenvalue weighted by Crippen LogP contribution is -2.45. The highest BCUT2D eigenvalue weighted by Crippen LogP contribution is 2.34. The molecule has 0 heterocycles. The van der Waals surface area contributed by atoms with Gasteiger partial charge in [-0.25, -0.2) is 14.0 Å². The van der Waals surface area contributed by atoms with Gasteiger partial charge in [0.25, 0.3) is 10.1 Å². The third kappa shape index (κ3) is 9.75. The molecule has 52 heavy (non-hydrogen) atoms. The van der Waals surface area contributed by atoms with Crippen LogP contribution in [-0.4, -0.2) is 58.7 Å². The minimum Gasteiger partial charge on any atom is -0.459 e. The summed E-state index contributed by atoms with van der Waals surface area (Å²) in [7, 11) is -3.77. The molecule has 0 saturated carbocycles. The number of carbonyl (C=O) groups is 2. The van der Waals surface area contributed by atoms with Gasteiger partial charge >= 0.3 is 11.9 Å². The van der Waals surface area contributed by atoms with Crippen LogP contribution in [0.2, 0.25) is 15.1 Å². The van der Waals surface area contributed by atoms with Gasteiger partial charge in [0.1, 0.15) is 18.6 Å². The largest absolute Gasteiger partial charge is 0.459 e. The number of esters is 2. The van der Waals surface area contributed by atoms with Crippen molar-refractivity contribution in [1.29, 1.82) is 0 Å². The van der Waals surface area contributed by atoms with E-state index in [4.69, 9.17) is 48.5 Å². The molecular formula is C38H29Cl3FNO8S. The van der Waals surface area contributed by atoms with Crippen molar-refractivity contribution in [3.8, 4) is 22.3 Å². The van der Waals surface area contributed by atoms with Crippen LogP contribution in [0.5, 0.6) is 0 Å². The molecule has 0 spiro atoms. The predicted molar refractivity (Wildman–Crippen MR) is 197 cm³/mol. The van der Waals surface area contributed by atoms with Gasteiger partial charge in [0.05, 0.1) is 32.4 Å². The molecule has 9 nitrogen and oxygen atoms in total. The fourth-order valence-corrected chi connectivity index (χ4v) is 6.98. The summed E-state index contributed by atoms with van der Waals surface area (Å²) >= 11 is 18.2. The first kappa shape index (κ1) is 38.5. The summed E-state index contributed by atoms with van der Waals surface area (Å²) in [4.78, 5) is 30.6. The second-order valence-electron chi connectivity index (χ2n) is 11.0. The molecule has 0 aromatic heterocycles. The van der Waals surface area contributed by atoms with Crippen molar-refractivity contribution in [2.24, 2.45) is 5.16 Å². The number of carbonyl (C=O) groups excluding carboxylic acids is 2. The summed E-state index contributed by atoms with van der Waals surface area (Å²) in [5.74, 6) is -1.94. The molecule has 0 fully saturated rings. The number of oxime groups is 1. The van der Waals surface area contributed by atoms with Crippen molar-refractivity contribution < 1.29 is 40.9 Å². The number of hydrogen-bond donors (Lipinski definition) is 0. The second-order valence-corrected chi connectivity index (χ2v) is 13.8. The van der Waals surface area contributed by atoms with Crippen LogP contribution in [0.15, 0.2) is 131 Å². The molecule has 5 rings (SSSR count). The highest BCUT2D eigenvalue weighted by Gasteiger charge is 2.39. The molecule has 268 valence electrons. The van der Waals surface area contributed by atoms with Crippen LogP contribution >= 0.6 is 34.8 Å². The molecule has 3 atom stereocenters. The average molecular weight is 785 g/mol. The van der Waals surface area contributed by atoms with E-state index in [1.807, 2.05) is 60.7 Å². The van der Waals surface area contributed by atoms with Crippen molar-refractivity contribution in [3.63, 3.8) is 0 Å². The third-order valence-electron chi connectivity index (χ3n) is 7.56. The molecule has 14 heteroatoms. The number of alkyl halides is 1. The van der Waals surface area contributed by atoms with Gasteiger partial charge in [-0.15, -0.1) is 0 Å². The lowest BCUT2D eigenvalue weighted by molar-refractivity contribution is -0.0478. The molecule has 0 aliphatic carbocycles. The Balaban J connectivity index is 1.45. The Hall–Kier alpha value is -4.78. The molecular weight excluding hydrogens is 756 g/mol. The van der Waals surface area contributed by atoms with E-state index in [2.05, 4.69) is 9.99 Å². The molecule has 5 aromatic carbocycles. The summed E-state index contributed by atoms with van der Waals surface area (Å²) in [6.07, 6.45) is -5.75. The van der Waals surface area contributed by atoms with E-state index in [1.165, 1.54) is 24.3 Å². The zero-order chi connectivity index (χ0) is 37.3. The van der Waals surface area contributed by atoms with Crippen molar-refractivity contribution in [2.45, 2.75) is 23.3 Å². The number of rotatable bonds is 14. The topological polar surface area (TPSA) is 118 Å². The second kappa shape index (κ2) is 17.6. The fraction of sp³-hybridized carbons (Fsp3) is 0.132. The maximum absolute atomic E-state index is 15.9. The number of ether oxygens (including phenoxy) is 2. The van der Waals surface area contributed by atoms with Gasteiger partial charge in [0.15, 0.2) is 18.4 Å². The highest BCUT2D eigenvalue weighted by molar-refractivity contribution is 7.87. The van der Waals surface area contributed by atoms with E-state index in [0.29, 0.717) is 6.21 Å². The number of hydrogen-bond acceptors (Lipinski definition) is 9. The van der Waals surface area contributed by atoms with Gasteiger partial charge in [0, 0.05) is 0 Å². The molecule has 0 aliphatic heterocycles. The maximum Gasteiger partial charge on any atom is 0.338 e. The molecule has 0 N–H and O–H groups in total. The summed E-state index contributed by atoms with van der Waals surface area (Å²) < 4.78 is 59.5. The minimum absolute atomic E-state index is 0.00481. The van der Waals surface area contributed by atoms with E-state index in [9.17, 15) is 18.0 Å². The van der Waals surface area contributed by atoms with Gasteiger partial charge in [-0.2, -0.15) is 8.42 Å². The van der Waals surface area contributed by atoms with Gasteiger partial charge in [-0.3, -0.25) is 4.18 Å². The van der Waals surface area contributed by atoms with Crippen molar-refractivity contribution in [2.75, 3.05) is 13.7 Å². The SMILES string of the molecule is CO/N=C\[C@@H](F)[C@H](OC(=O)c1ccc(-c2ccccc2)cc1)[C@@H](COC(=O)c1ccc(-c2ccccc2)cc1)OS(=O)(=O)c1cc(Cl)c(Cl)cc1Cl. The van der Waals surface area contributed by atoms with Crippen molar-refractivity contribution in [1.82, 2.24) is 0 Å². The van der Waals surface area contributed by atoms with Gasteiger partial charge < -0.3 is 14.3 Å². The zero-order valence-electron chi connectivity index (χ0n) is 27.2. The first-order valence-corrected chi connectivity index (χ1v) is 18.0. The lowest BCUT2D eigenvalue weighted by atomic mass is 10.0. The van der Waals surface area contributed by atoms with Crippen LogP contribution in [0, 0.1) is 0 Å². The summed E-state index contributed by atoms with van der Waals surface area (Å²) in [5.41, 5.74) is 3.51. The number of halogens is 4. The van der Waals surface area contributed by atoms with E-state index in [1.54, 1.807) is 24.3 Å². The fourth-order valence-electron chi connectivity index (χ4n) is 4.93. The quantitative estimate of drug-likeness (QED) is 0.0360. The molecule has 0 aliphatic rings. The first-order valence-electron chi connectivity index (χ1n) is 15.4. The Morgan fingerprint density at radius 2 is 1.19 bits per heavy atom. The van der Waals surface area contributed by atoms with Crippen LogP contribution in [0.1, 0.15) is 20.7 Å². The standard InChI is InChI=1S/C38H29Cl3FNO8S/c1-48-43-22-33(42)36(50-38(45)29-18-14-27(15-19-29)25-10-6-3-7-11-25)34(51-52(46,47)35-21-31(40)30(39)20-32(35)41)23-49-37(44)28-16-12-26(13-17-28)24-8-4-2-5-9-24/h2-22,33-34,36H,23H2,1H3/b43-22-/t33-,34-,36+/m1/s1. The highest BCUT2D eigenvalue weighted by atomic mass is 35.5. The molecule has 5 aromatic rings. The molecule has 0 bridgehead atoms. The normalized spacial score (nSPS) is 13.2. The van der Waals surface area contributed by atoms with Gasteiger partial charge in [-0.05, 0) is 58.7 Å². The Bertz CT molecular complexity index is 2140. The molecule has 0 radical (unpaired) electrons. The molecule has 0 unspecified atom stereocenters. The van der Waals surface area contributed by atoms with Crippen molar-refractivity contribution in [3.05, 3.63) is 148 Å². The lowest BCUT2D eigenvalue weighted by Gasteiger charge is -2.27.